The molecule has 0 amide bonds. The number of nitrogens with one attached hydrogen (secondary N) is 1. The van der Waals surface area contributed by atoms with E-state index in [0.29, 0.717) is 12.3 Å². The summed E-state index contributed by atoms with van der Waals surface area (Å²) >= 11 is 0. The fraction of sp³-hybridized carbons (Fsp3) is 0.357. The van der Waals surface area contributed by atoms with E-state index < -0.39 is 17.9 Å². The maximum Gasteiger partial charge on any atom is 0.341 e. The van der Waals surface area contributed by atoms with Crippen LogP contribution in [0.4, 0.5) is 5.69 Å². The van der Waals surface area contributed by atoms with E-state index >= 15 is 0 Å². The van der Waals surface area contributed by atoms with Crippen LogP contribution in [-0.2, 0) is 19.1 Å². The van der Waals surface area contributed by atoms with Crippen molar-refractivity contribution < 1.29 is 28.6 Å². The van der Waals surface area contributed by atoms with Crippen molar-refractivity contribution in [2.24, 2.45) is 0 Å². The summed E-state index contributed by atoms with van der Waals surface area (Å²) in [4.78, 5) is 33.9. The van der Waals surface area contributed by atoms with Crippen molar-refractivity contribution >= 4 is 23.6 Å². The van der Waals surface area contributed by atoms with E-state index in [9.17, 15) is 14.4 Å². The van der Waals surface area contributed by atoms with Gasteiger partial charge in [0.05, 0.1) is 13.7 Å². The van der Waals surface area contributed by atoms with Crippen LogP contribution >= 0.6 is 0 Å². The lowest BCUT2D eigenvalue weighted by atomic mass is 10.1. The summed E-state index contributed by atoms with van der Waals surface area (Å²) < 4.78 is 14.3. The lowest BCUT2D eigenvalue weighted by Crippen LogP contribution is -2.17. The Labute approximate surface area is 122 Å². The number of esters is 3. The van der Waals surface area contributed by atoms with Gasteiger partial charge in [0.15, 0.2) is 0 Å². The molecule has 0 unspecified atom stereocenters. The highest BCUT2D eigenvalue weighted by atomic mass is 16.5. The molecular formula is C14H17NO6. The molecule has 7 nitrogen and oxygen atoms in total. The molecule has 0 fully saturated rings. The molecule has 1 aromatic rings. The predicted molar refractivity (Wildman–Crippen MR) is 74.2 cm³/mol. The van der Waals surface area contributed by atoms with Crippen molar-refractivity contribution in [1.29, 1.82) is 0 Å². The third-order valence-corrected chi connectivity index (χ3v) is 2.38. The molecule has 0 bridgehead atoms. The van der Waals surface area contributed by atoms with Crippen molar-refractivity contribution in [3.8, 4) is 5.75 Å². The number of carbonyl (C=O) groups is 3. The number of hydrogen-bond donors (Lipinski definition) is 1. The monoisotopic (exact) mass is 295 g/mol. The number of rotatable bonds is 6. The molecule has 0 spiro atoms. The second kappa shape index (κ2) is 7.88. The zero-order chi connectivity index (χ0) is 15.8. The first-order valence-corrected chi connectivity index (χ1v) is 6.28. The van der Waals surface area contributed by atoms with Crippen LogP contribution in [0.15, 0.2) is 18.2 Å². The fourth-order valence-electron chi connectivity index (χ4n) is 1.54. The van der Waals surface area contributed by atoms with Gasteiger partial charge in [0.1, 0.15) is 17.9 Å². The summed E-state index contributed by atoms with van der Waals surface area (Å²) in [6.45, 7) is 3.19. The summed E-state index contributed by atoms with van der Waals surface area (Å²) in [5.41, 5.74) is 0.584. The van der Waals surface area contributed by atoms with E-state index in [0.717, 1.165) is 0 Å². The molecule has 0 saturated carbocycles. The van der Waals surface area contributed by atoms with Crippen LogP contribution < -0.4 is 10.1 Å². The largest absolute Gasteiger partial charge is 0.465 e. The first kappa shape index (κ1) is 16.5. The van der Waals surface area contributed by atoms with E-state index in [1.807, 2.05) is 0 Å². The lowest BCUT2D eigenvalue weighted by Gasteiger charge is -2.11. The van der Waals surface area contributed by atoms with Gasteiger partial charge in [0, 0.05) is 12.6 Å². The normalized spacial score (nSPS) is 9.67. The summed E-state index contributed by atoms with van der Waals surface area (Å²) in [5.74, 6) is -1.52. The highest BCUT2D eigenvalue weighted by Crippen LogP contribution is 2.24. The van der Waals surface area contributed by atoms with Gasteiger partial charge < -0.3 is 19.5 Å². The Morgan fingerprint density at radius 2 is 1.95 bits per heavy atom. The molecule has 0 aliphatic carbocycles. The van der Waals surface area contributed by atoms with Crippen molar-refractivity contribution in [2.75, 3.05) is 25.6 Å². The maximum atomic E-state index is 11.7. The number of benzene rings is 1. The summed E-state index contributed by atoms with van der Waals surface area (Å²) in [6, 6.07) is 4.45. The SMILES string of the molecule is CCOC(=O)CNc1ccc(OC(C)=O)c(C(=O)OC)c1. The average Bonchev–Trinajstić information content (AvgIpc) is 2.45. The Balaban J connectivity index is 2.90. The first-order chi connectivity index (χ1) is 9.97. The lowest BCUT2D eigenvalue weighted by molar-refractivity contribution is -0.141. The topological polar surface area (TPSA) is 90.9 Å². The molecule has 0 atom stereocenters. The number of anilines is 1. The molecule has 0 aromatic heterocycles. The van der Waals surface area contributed by atoms with Crippen molar-refractivity contribution in [3.05, 3.63) is 23.8 Å². The van der Waals surface area contributed by atoms with Crippen LogP contribution in [0.5, 0.6) is 5.75 Å². The second-order valence-electron chi connectivity index (χ2n) is 3.95. The van der Waals surface area contributed by atoms with Gasteiger partial charge in [0.25, 0.3) is 0 Å². The molecule has 21 heavy (non-hydrogen) atoms. The summed E-state index contributed by atoms with van der Waals surface area (Å²) in [7, 11) is 1.22. The zero-order valence-electron chi connectivity index (χ0n) is 12.1. The maximum absolute atomic E-state index is 11.7. The fourth-order valence-corrected chi connectivity index (χ4v) is 1.54. The predicted octanol–water partition coefficient (Wildman–Crippen LogP) is 1.37. The third-order valence-electron chi connectivity index (χ3n) is 2.38. The van der Waals surface area contributed by atoms with Crippen molar-refractivity contribution in [1.82, 2.24) is 0 Å². The van der Waals surface area contributed by atoms with Crippen LogP contribution in [0.25, 0.3) is 0 Å². The highest BCUT2D eigenvalue weighted by Gasteiger charge is 2.16. The minimum absolute atomic E-state index is 0.0403. The number of methoxy groups -OCH3 is 1. The zero-order valence-corrected chi connectivity index (χ0v) is 12.1. The Hall–Kier alpha value is -2.57. The van der Waals surface area contributed by atoms with Gasteiger partial charge in [-0.05, 0) is 25.1 Å². The van der Waals surface area contributed by atoms with Crippen LogP contribution in [0.3, 0.4) is 0 Å². The molecule has 1 aromatic carbocycles. The van der Waals surface area contributed by atoms with E-state index in [2.05, 4.69) is 10.1 Å². The minimum Gasteiger partial charge on any atom is -0.465 e. The number of ether oxygens (including phenoxy) is 3. The van der Waals surface area contributed by atoms with E-state index in [4.69, 9.17) is 9.47 Å². The molecule has 0 aliphatic rings. The van der Waals surface area contributed by atoms with E-state index in [1.165, 1.54) is 26.2 Å². The molecule has 1 rings (SSSR count). The molecular weight excluding hydrogens is 278 g/mol. The minimum atomic E-state index is -0.647. The smallest absolute Gasteiger partial charge is 0.341 e. The van der Waals surface area contributed by atoms with E-state index in [-0.39, 0.29) is 17.9 Å². The summed E-state index contributed by atoms with van der Waals surface area (Å²) in [6.07, 6.45) is 0. The third kappa shape index (κ3) is 5.13. The van der Waals surface area contributed by atoms with Gasteiger partial charge in [-0.25, -0.2) is 4.79 Å². The molecule has 0 radical (unpaired) electrons. The van der Waals surface area contributed by atoms with Crippen LogP contribution in [0.2, 0.25) is 0 Å². The van der Waals surface area contributed by atoms with Crippen molar-refractivity contribution in [2.45, 2.75) is 13.8 Å². The van der Waals surface area contributed by atoms with Crippen LogP contribution in [-0.4, -0.2) is 38.2 Å². The Bertz CT molecular complexity index is 540. The van der Waals surface area contributed by atoms with Gasteiger partial charge >= 0.3 is 17.9 Å². The van der Waals surface area contributed by atoms with E-state index in [1.54, 1.807) is 13.0 Å². The quantitative estimate of drug-likeness (QED) is 0.626. The molecule has 0 saturated heterocycles. The second-order valence-corrected chi connectivity index (χ2v) is 3.95. The number of hydrogen-bond acceptors (Lipinski definition) is 7. The van der Waals surface area contributed by atoms with Gasteiger partial charge in [-0.2, -0.15) is 0 Å². The molecule has 114 valence electrons. The van der Waals surface area contributed by atoms with Gasteiger partial charge in [-0.1, -0.05) is 0 Å². The van der Waals surface area contributed by atoms with Gasteiger partial charge in [0.2, 0.25) is 0 Å². The standard InChI is InChI=1S/C14H17NO6/c1-4-20-13(17)8-15-10-5-6-12(21-9(2)16)11(7-10)14(18)19-3/h5-7,15H,4,8H2,1-3H3. The Morgan fingerprint density at radius 3 is 2.52 bits per heavy atom. The molecule has 1 N–H and O–H groups in total. The molecule has 7 heteroatoms. The van der Waals surface area contributed by atoms with Gasteiger partial charge in [-0.3, -0.25) is 9.59 Å². The van der Waals surface area contributed by atoms with Crippen molar-refractivity contribution in [3.63, 3.8) is 0 Å². The summed E-state index contributed by atoms with van der Waals surface area (Å²) in [5, 5.41) is 2.81. The Kier molecular flexibility index (Phi) is 6.19. The average molecular weight is 295 g/mol. The highest BCUT2D eigenvalue weighted by molar-refractivity contribution is 5.94. The Morgan fingerprint density at radius 1 is 1.24 bits per heavy atom. The number of carbonyl (C=O) groups excluding carboxylic acids is 3. The molecule has 0 heterocycles. The van der Waals surface area contributed by atoms with Gasteiger partial charge in [-0.15, -0.1) is 0 Å². The van der Waals surface area contributed by atoms with Crippen LogP contribution in [0.1, 0.15) is 24.2 Å². The molecule has 0 aliphatic heterocycles. The first-order valence-electron chi connectivity index (χ1n) is 6.28. The van der Waals surface area contributed by atoms with Crippen LogP contribution in [0, 0.1) is 0 Å².